The number of aromatic nitrogens is 5. The van der Waals surface area contributed by atoms with Crippen LogP contribution in [0.4, 0.5) is 0 Å². The molecule has 30 heavy (non-hydrogen) atoms. The van der Waals surface area contributed by atoms with Gasteiger partial charge in [-0.2, -0.15) is 10.2 Å². The lowest BCUT2D eigenvalue weighted by Crippen LogP contribution is -2.23. The topological polar surface area (TPSA) is 88.5 Å². The number of hydrogen-bond acceptors (Lipinski definition) is 5. The van der Waals surface area contributed by atoms with Crippen molar-refractivity contribution in [3.63, 3.8) is 0 Å². The molecule has 0 bridgehead atoms. The first-order valence-electron chi connectivity index (χ1n) is 9.57. The van der Waals surface area contributed by atoms with Gasteiger partial charge in [0, 0.05) is 29.1 Å². The van der Waals surface area contributed by atoms with Crippen molar-refractivity contribution in [3.8, 4) is 5.69 Å². The molecular weight excluding hydrogens is 396 g/mol. The van der Waals surface area contributed by atoms with Crippen LogP contribution in [0.5, 0.6) is 0 Å². The van der Waals surface area contributed by atoms with Gasteiger partial charge in [-0.3, -0.25) is 9.89 Å². The zero-order valence-corrected chi connectivity index (χ0v) is 17.6. The van der Waals surface area contributed by atoms with E-state index in [0.29, 0.717) is 12.1 Å². The predicted molar refractivity (Wildman–Crippen MR) is 117 cm³/mol. The summed E-state index contributed by atoms with van der Waals surface area (Å²) in [6, 6.07) is 17.6. The van der Waals surface area contributed by atoms with Crippen LogP contribution in [0.25, 0.3) is 5.69 Å². The van der Waals surface area contributed by atoms with Crippen LogP contribution in [0.15, 0.2) is 66.1 Å². The Morgan fingerprint density at radius 3 is 2.57 bits per heavy atom. The molecule has 152 valence electrons. The zero-order chi connectivity index (χ0) is 20.9. The minimum Gasteiger partial charge on any atom is -0.348 e. The number of aryl methyl sites for hydroxylation is 1. The lowest BCUT2D eigenvalue weighted by Gasteiger charge is -2.08. The first-order valence-corrected chi connectivity index (χ1v) is 10.6. The van der Waals surface area contributed by atoms with Crippen LogP contribution < -0.4 is 5.32 Å². The molecule has 2 N–H and O–H groups in total. The Balaban J connectivity index is 1.38. The highest BCUT2D eigenvalue weighted by molar-refractivity contribution is 7.98. The van der Waals surface area contributed by atoms with Crippen LogP contribution in [0.3, 0.4) is 0 Å². The zero-order valence-electron chi connectivity index (χ0n) is 16.8. The van der Waals surface area contributed by atoms with Crippen molar-refractivity contribution >= 4 is 17.7 Å². The summed E-state index contributed by atoms with van der Waals surface area (Å²) in [5, 5.41) is 15.1. The van der Waals surface area contributed by atoms with E-state index < -0.39 is 0 Å². The van der Waals surface area contributed by atoms with Crippen LogP contribution in [-0.2, 0) is 12.3 Å². The molecule has 0 radical (unpaired) electrons. The van der Waals surface area contributed by atoms with E-state index in [1.54, 1.807) is 11.8 Å². The first-order chi connectivity index (χ1) is 14.6. The fourth-order valence-electron chi connectivity index (χ4n) is 3.19. The van der Waals surface area contributed by atoms with Crippen LogP contribution in [0, 0.1) is 13.8 Å². The standard InChI is InChI=1S/C22H22N6OS/c1-15-20(16(2)28(27-15)19-6-4-3-5-7-19)12-23-21(29)18-10-8-17(9-11-18)13-30-22-24-14-25-26-22/h3-11,14H,12-13H2,1-2H3,(H,23,29)(H,24,25,26). The predicted octanol–water partition coefficient (Wildman–Crippen LogP) is 3.83. The number of H-pyrrole nitrogens is 1. The average molecular weight is 419 g/mol. The number of carbonyl (C=O) groups is 1. The number of thioether (sulfide) groups is 1. The smallest absolute Gasteiger partial charge is 0.251 e. The summed E-state index contributed by atoms with van der Waals surface area (Å²) >= 11 is 1.57. The SMILES string of the molecule is Cc1nn(-c2ccccc2)c(C)c1CNC(=O)c1ccc(CSc2ncn[nH]2)cc1. The van der Waals surface area contributed by atoms with Crippen LogP contribution in [-0.4, -0.2) is 30.9 Å². The number of hydrogen-bond donors (Lipinski definition) is 2. The summed E-state index contributed by atoms with van der Waals surface area (Å²) in [5.74, 6) is 0.657. The largest absolute Gasteiger partial charge is 0.348 e. The fraction of sp³-hybridized carbons (Fsp3) is 0.182. The Hall–Kier alpha value is -3.39. The summed E-state index contributed by atoms with van der Waals surface area (Å²) in [7, 11) is 0. The Morgan fingerprint density at radius 2 is 1.87 bits per heavy atom. The van der Waals surface area contributed by atoms with Crippen LogP contribution in [0.2, 0.25) is 0 Å². The Bertz CT molecular complexity index is 1120. The Kier molecular flexibility index (Phi) is 5.94. The highest BCUT2D eigenvalue weighted by atomic mass is 32.2. The van der Waals surface area contributed by atoms with Gasteiger partial charge in [-0.1, -0.05) is 42.1 Å². The highest BCUT2D eigenvalue weighted by Gasteiger charge is 2.14. The highest BCUT2D eigenvalue weighted by Crippen LogP contribution is 2.19. The van der Waals surface area contributed by atoms with Gasteiger partial charge >= 0.3 is 0 Å². The van der Waals surface area contributed by atoms with Crippen LogP contribution >= 0.6 is 11.8 Å². The van der Waals surface area contributed by atoms with E-state index in [2.05, 4.69) is 25.6 Å². The van der Waals surface area contributed by atoms with Gasteiger partial charge in [0.15, 0.2) is 5.16 Å². The van der Waals surface area contributed by atoms with Crippen LogP contribution in [0.1, 0.15) is 32.9 Å². The number of amides is 1. The van der Waals surface area contributed by atoms with Gasteiger partial charge in [-0.15, -0.1) is 0 Å². The summed E-state index contributed by atoms with van der Waals surface area (Å²) < 4.78 is 1.91. The van der Waals surface area contributed by atoms with Crippen molar-refractivity contribution in [2.45, 2.75) is 31.3 Å². The number of benzene rings is 2. The van der Waals surface area contributed by atoms with Gasteiger partial charge in [-0.25, -0.2) is 9.67 Å². The number of carbonyl (C=O) groups excluding carboxylic acids is 1. The van der Waals surface area contributed by atoms with Crippen molar-refractivity contribution in [2.75, 3.05) is 0 Å². The summed E-state index contributed by atoms with van der Waals surface area (Å²) in [4.78, 5) is 16.7. The van der Waals surface area contributed by atoms with Gasteiger partial charge in [0.25, 0.3) is 5.91 Å². The van der Waals surface area contributed by atoms with Crippen molar-refractivity contribution in [1.82, 2.24) is 30.3 Å². The summed E-state index contributed by atoms with van der Waals surface area (Å²) in [5.41, 5.74) is 5.73. The molecule has 0 atom stereocenters. The minimum absolute atomic E-state index is 0.101. The number of rotatable bonds is 7. The van der Waals surface area contributed by atoms with E-state index in [0.717, 1.165) is 39.1 Å². The first kappa shape index (κ1) is 19.9. The minimum atomic E-state index is -0.101. The van der Waals surface area contributed by atoms with Crippen molar-refractivity contribution in [3.05, 3.63) is 89.0 Å². The van der Waals surface area contributed by atoms with Gasteiger partial charge in [0.05, 0.1) is 11.4 Å². The molecular formula is C22H22N6OS. The Morgan fingerprint density at radius 1 is 1.10 bits per heavy atom. The van der Waals surface area contributed by atoms with Crippen molar-refractivity contribution in [2.24, 2.45) is 0 Å². The lowest BCUT2D eigenvalue weighted by atomic mass is 10.1. The van der Waals surface area contributed by atoms with Gasteiger partial charge in [0.2, 0.25) is 0 Å². The normalized spacial score (nSPS) is 10.9. The summed E-state index contributed by atoms with van der Waals surface area (Å²) in [6.07, 6.45) is 1.49. The van der Waals surface area contributed by atoms with E-state index >= 15 is 0 Å². The van der Waals surface area contributed by atoms with Gasteiger partial charge in [-0.05, 0) is 43.7 Å². The monoisotopic (exact) mass is 418 g/mol. The van der Waals surface area contributed by atoms with E-state index in [4.69, 9.17) is 0 Å². The third kappa shape index (κ3) is 4.44. The molecule has 7 nitrogen and oxygen atoms in total. The molecule has 2 heterocycles. The van der Waals surface area contributed by atoms with E-state index in [-0.39, 0.29) is 5.91 Å². The second-order valence-corrected chi connectivity index (χ2v) is 7.82. The van der Waals surface area contributed by atoms with Gasteiger partial charge in [0.1, 0.15) is 6.33 Å². The quantitative estimate of drug-likeness (QED) is 0.445. The fourth-order valence-corrected chi connectivity index (χ4v) is 3.92. The second kappa shape index (κ2) is 8.96. The molecule has 0 spiro atoms. The molecule has 0 unspecified atom stereocenters. The maximum atomic E-state index is 12.6. The number of para-hydroxylation sites is 1. The summed E-state index contributed by atoms with van der Waals surface area (Å²) in [6.45, 7) is 4.43. The van der Waals surface area contributed by atoms with E-state index in [1.807, 2.05) is 73.1 Å². The third-order valence-corrected chi connectivity index (χ3v) is 5.80. The molecule has 0 saturated heterocycles. The molecule has 1 amide bonds. The Labute approximate surface area is 178 Å². The lowest BCUT2D eigenvalue weighted by molar-refractivity contribution is 0.0951. The molecule has 0 aliphatic rings. The number of nitrogens with one attached hydrogen (secondary N) is 2. The molecule has 0 aliphatic carbocycles. The van der Waals surface area contributed by atoms with E-state index in [1.165, 1.54) is 6.33 Å². The van der Waals surface area contributed by atoms with Crippen molar-refractivity contribution in [1.29, 1.82) is 0 Å². The molecule has 0 fully saturated rings. The average Bonchev–Trinajstić information content (AvgIpc) is 3.39. The molecule has 2 aromatic heterocycles. The molecule has 8 heteroatoms. The third-order valence-electron chi connectivity index (χ3n) is 4.85. The van der Waals surface area contributed by atoms with Crippen molar-refractivity contribution < 1.29 is 4.79 Å². The number of nitrogens with zero attached hydrogens (tertiary/aromatic N) is 4. The van der Waals surface area contributed by atoms with Gasteiger partial charge < -0.3 is 5.32 Å². The molecule has 0 aliphatic heterocycles. The van der Waals surface area contributed by atoms with E-state index in [9.17, 15) is 4.79 Å². The molecule has 4 rings (SSSR count). The maximum absolute atomic E-state index is 12.6. The second-order valence-electron chi connectivity index (χ2n) is 6.86. The molecule has 0 saturated carbocycles. The maximum Gasteiger partial charge on any atom is 0.251 e. The molecule has 2 aromatic carbocycles. The number of aromatic amines is 1. The molecule has 4 aromatic rings.